The molecule has 0 saturated carbocycles. The fraction of sp³-hybridized carbons (Fsp3) is 1.00. The van der Waals surface area contributed by atoms with Gasteiger partial charge in [-0.15, -0.1) is 0 Å². The molecule has 4 nitrogen and oxygen atoms in total. The van der Waals surface area contributed by atoms with E-state index in [-0.39, 0.29) is 5.75 Å². The monoisotopic (exact) mass is 237 g/mol. The smallest absolute Gasteiger partial charge is 0.266 e. The Kier molecular flexibility index (Phi) is 8.00. The molecular formula is C10H23NO3S. The molecule has 0 aliphatic heterocycles. The highest BCUT2D eigenvalue weighted by Gasteiger charge is 2.07. The molecule has 0 bridgehead atoms. The van der Waals surface area contributed by atoms with Gasteiger partial charge in [-0.2, -0.15) is 8.42 Å². The van der Waals surface area contributed by atoms with E-state index in [0.717, 1.165) is 13.0 Å². The van der Waals surface area contributed by atoms with E-state index in [1.165, 1.54) is 19.3 Å². The molecule has 0 aromatic carbocycles. The molecule has 1 unspecified atom stereocenters. The van der Waals surface area contributed by atoms with Crippen LogP contribution in [0.15, 0.2) is 0 Å². The number of unbranched alkanes of at least 4 members (excludes halogenated alkanes) is 1. The van der Waals surface area contributed by atoms with Crippen molar-refractivity contribution in [2.75, 3.05) is 18.8 Å². The summed E-state index contributed by atoms with van der Waals surface area (Å²) in [6.45, 7) is 5.48. The maximum atomic E-state index is 10.4. The van der Waals surface area contributed by atoms with Gasteiger partial charge in [0.1, 0.15) is 0 Å². The Hall–Kier alpha value is -0.130. The van der Waals surface area contributed by atoms with Gasteiger partial charge >= 0.3 is 0 Å². The average molecular weight is 237 g/mol. The third kappa shape index (κ3) is 10.2. The highest BCUT2D eigenvalue weighted by atomic mass is 32.2. The zero-order valence-corrected chi connectivity index (χ0v) is 10.5. The quantitative estimate of drug-likeness (QED) is 0.473. The van der Waals surface area contributed by atoms with Gasteiger partial charge in [-0.05, 0) is 18.9 Å². The number of hydrogen-bond acceptors (Lipinski definition) is 3. The maximum Gasteiger partial charge on any atom is 0.266 e. The molecule has 0 rings (SSSR count). The molecule has 1 atom stereocenters. The standard InChI is InChI=1S/C10H23NO3S/c1-3-5-6-10(4-2)9-11-7-8-15(12,13)14/h10-11H,3-9H2,1-2H3,(H,12,13,14). The molecule has 15 heavy (non-hydrogen) atoms. The summed E-state index contributed by atoms with van der Waals surface area (Å²) in [7, 11) is -3.81. The first-order valence-electron chi connectivity index (χ1n) is 5.65. The summed E-state index contributed by atoms with van der Waals surface area (Å²) in [4.78, 5) is 0. The van der Waals surface area contributed by atoms with Gasteiger partial charge < -0.3 is 5.32 Å². The summed E-state index contributed by atoms with van der Waals surface area (Å²) in [5.41, 5.74) is 0. The van der Waals surface area contributed by atoms with Crippen LogP contribution >= 0.6 is 0 Å². The Morgan fingerprint density at radius 2 is 2.00 bits per heavy atom. The van der Waals surface area contributed by atoms with Crippen molar-refractivity contribution in [2.24, 2.45) is 5.92 Å². The minimum atomic E-state index is -3.81. The van der Waals surface area contributed by atoms with Gasteiger partial charge in [-0.1, -0.05) is 33.1 Å². The molecular weight excluding hydrogens is 214 g/mol. The molecule has 0 aromatic heterocycles. The van der Waals surface area contributed by atoms with E-state index < -0.39 is 10.1 Å². The van der Waals surface area contributed by atoms with Crippen LogP contribution in [-0.2, 0) is 10.1 Å². The van der Waals surface area contributed by atoms with Crippen molar-refractivity contribution in [3.8, 4) is 0 Å². The SMILES string of the molecule is CCCCC(CC)CNCCS(=O)(=O)O. The summed E-state index contributed by atoms with van der Waals surface area (Å²) < 4.78 is 29.4. The second-order valence-electron chi connectivity index (χ2n) is 3.91. The maximum absolute atomic E-state index is 10.4. The third-order valence-electron chi connectivity index (χ3n) is 2.51. The van der Waals surface area contributed by atoms with Crippen molar-refractivity contribution in [1.82, 2.24) is 5.32 Å². The summed E-state index contributed by atoms with van der Waals surface area (Å²) in [6.07, 6.45) is 4.71. The lowest BCUT2D eigenvalue weighted by Crippen LogP contribution is -2.27. The lowest BCUT2D eigenvalue weighted by atomic mass is 9.99. The average Bonchev–Trinajstić information content (AvgIpc) is 2.15. The highest BCUT2D eigenvalue weighted by Crippen LogP contribution is 2.10. The Bertz CT molecular complexity index is 239. The van der Waals surface area contributed by atoms with Crippen molar-refractivity contribution in [2.45, 2.75) is 39.5 Å². The van der Waals surface area contributed by atoms with Crippen LogP contribution in [0.1, 0.15) is 39.5 Å². The number of rotatable bonds is 9. The van der Waals surface area contributed by atoms with E-state index in [1.54, 1.807) is 0 Å². The lowest BCUT2D eigenvalue weighted by molar-refractivity contribution is 0.422. The van der Waals surface area contributed by atoms with Gasteiger partial charge in [0.05, 0.1) is 5.75 Å². The molecule has 0 saturated heterocycles. The molecule has 0 aliphatic carbocycles. The second-order valence-corrected chi connectivity index (χ2v) is 5.48. The number of nitrogens with one attached hydrogen (secondary N) is 1. The van der Waals surface area contributed by atoms with Crippen molar-refractivity contribution >= 4 is 10.1 Å². The fourth-order valence-electron chi connectivity index (χ4n) is 1.45. The zero-order valence-electron chi connectivity index (χ0n) is 9.70. The van der Waals surface area contributed by atoms with Gasteiger partial charge in [0.15, 0.2) is 0 Å². The van der Waals surface area contributed by atoms with Crippen molar-refractivity contribution < 1.29 is 13.0 Å². The normalized spacial score (nSPS) is 14.1. The van der Waals surface area contributed by atoms with Crippen LogP contribution in [0.3, 0.4) is 0 Å². The molecule has 0 fully saturated rings. The Morgan fingerprint density at radius 1 is 1.33 bits per heavy atom. The van der Waals surface area contributed by atoms with Gasteiger partial charge in [0.25, 0.3) is 10.1 Å². The van der Waals surface area contributed by atoms with Gasteiger partial charge in [-0.3, -0.25) is 4.55 Å². The van der Waals surface area contributed by atoms with E-state index in [9.17, 15) is 8.42 Å². The molecule has 92 valence electrons. The van der Waals surface area contributed by atoms with E-state index >= 15 is 0 Å². The minimum Gasteiger partial charge on any atom is -0.315 e. The van der Waals surface area contributed by atoms with Crippen LogP contribution in [0.4, 0.5) is 0 Å². The van der Waals surface area contributed by atoms with Crippen LogP contribution in [0, 0.1) is 5.92 Å². The van der Waals surface area contributed by atoms with Crippen LogP contribution < -0.4 is 5.32 Å². The van der Waals surface area contributed by atoms with Crippen LogP contribution in [-0.4, -0.2) is 31.8 Å². The summed E-state index contributed by atoms with van der Waals surface area (Å²) in [5.74, 6) is 0.420. The molecule has 5 heteroatoms. The predicted molar refractivity (Wildman–Crippen MR) is 62.6 cm³/mol. The van der Waals surface area contributed by atoms with E-state index in [0.29, 0.717) is 12.5 Å². The van der Waals surface area contributed by atoms with Crippen LogP contribution in [0.25, 0.3) is 0 Å². The van der Waals surface area contributed by atoms with Crippen LogP contribution in [0.2, 0.25) is 0 Å². The van der Waals surface area contributed by atoms with Crippen molar-refractivity contribution in [3.63, 3.8) is 0 Å². The molecule has 0 radical (unpaired) electrons. The predicted octanol–water partition coefficient (Wildman–Crippen LogP) is 1.68. The summed E-state index contributed by atoms with van der Waals surface area (Å²) in [5, 5.41) is 3.06. The second kappa shape index (κ2) is 8.07. The van der Waals surface area contributed by atoms with E-state index in [4.69, 9.17) is 4.55 Å². The lowest BCUT2D eigenvalue weighted by Gasteiger charge is -2.14. The fourth-order valence-corrected chi connectivity index (χ4v) is 1.85. The summed E-state index contributed by atoms with van der Waals surface area (Å²) >= 11 is 0. The van der Waals surface area contributed by atoms with Crippen molar-refractivity contribution in [3.05, 3.63) is 0 Å². The molecule has 0 aliphatic rings. The van der Waals surface area contributed by atoms with Gasteiger partial charge in [-0.25, -0.2) is 0 Å². The first-order chi connectivity index (χ1) is 6.99. The molecule has 2 N–H and O–H groups in total. The first-order valence-corrected chi connectivity index (χ1v) is 7.26. The first kappa shape index (κ1) is 14.9. The summed E-state index contributed by atoms with van der Waals surface area (Å²) in [6, 6.07) is 0. The largest absolute Gasteiger partial charge is 0.315 e. The zero-order chi connectivity index (χ0) is 11.7. The number of hydrogen-bond donors (Lipinski definition) is 2. The molecule has 0 spiro atoms. The molecule has 0 aromatic rings. The Balaban J connectivity index is 3.54. The molecule has 0 amide bonds. The van der Waals surface area contributed by atoms with Gasteiger partial charge in [0.2, 0.25) is 0 Å². The molecule has 0 heterocycles. The topological polar surface area (TPSA) is 66.4 Å². The van der Waals surface area contributed by atoms with Crippen LogP contribution in [0.5, 0.6) is 0 Å². The minimum absolute atomic E-state index is 0.197. The Morgan fingerprint density at radius 3 is 2.47 bits per heavy atom. The van der Waals surface area contributed by atoms with E-state index in [2.05, 4.69) is 19.2 Å². The van der Waals surface area contributed by atoms with Gasteiger partial charge in [0, 0.05) is 6.54 Å². The third-order valence-corrected chi connectivity index (χ3v) is 3.23. The van der Waals surface area contributed by atoms with E-state index in [1.807, 2.05) is 0 Å². The van der Waals surface area contributed by atoms with Crippen molar-refractivity contribution in [1.29, 1.82) is 0 Å². The highest BCUT2D eigenvalue weighted by molar-refractivity contribution is 7.85. The Labute approximate surface area is 93.2 Å².